The fourth-order valence-corrected chi connectivity index (χ4v) is 4.81. The Bertz CT molecular complexity index is 1240. The molecule has 1 aromatic heterocycles. The van der Waals surface area contributed by atoms with Crippen LogP contribution >= 0.6 is 12.4 Å². The van der Waals surface area contributed by atoms with Gasteiger partial charge in [0.15, 0.2) is 11.5 Å². The van der Waals surface area contributed by atoms with Gasteiger partial charge in [-0.15, -0.1) is 12.4 Å². The molecule has 0 amide bonds. The first-order valence-electron chi connectivity index (χ1n) is 12.0. The minimum Gasteiger partial charge on any atom is -0.493 e. The Morgan fingerprint density at radius 3 is 2.37 bits per heavy atom. The summed E-state index contributed by atoms with van der Waals surface area (Å²) in [7, 11) is 1.66. The van der Waals surface area contributed by atoms with Crippen molar-refractivity contribution in [1.82, 2.24) is 9.88 Å². The van der Waals surface area contributed by atoms with Crippen molar-refractivity contribution in [3.05, 3.63) is 66.7 Å². The predicted octanol–water partition coefficient (Wildman–Crippen LogP) is 5.28. The molecule has 1 unspecified atom stereocenters. The average Bonchev–Trinajstić information content (AvgIpc) is 3.26. The highest BCUT2D eigenvalue weighted by molar-refractivity contribution is 6.10. The summed E-state index contributed by atoms with van der Waals surface area (Å²) >= 11 is 0. The first-order valence-corrected chi connectivity index (χ1v) is 12.0. The van der Waals surface area contributed by atoms with E-state index in [1.54, 1.807) is 7.11 Å². The summed E-state index contributed by atoms with van der Waals surface area (Å²) in [6.07, 6.45) is 1.57. The number of nitrogens with one attached hydrogen (secondary N) is 1. The quantitative estimate of drug-likeness (QED) is 0.330. The zero-order chi connectivity index (χ0) is 23.3. The number of likely N-dealkylation sites (tertiary alicyclic amines) is 1. The molecule has 0 aliphatic carbocycles. The van der Waals surface area contributed by atoms with Crippen LogP contribution < -0.4 is 14.2 Å². The number of hydrogen-bond donors (Lipinski definition) is 2. The van der Waals surface area contributed by atoms with Crippen molar-refractivity contribution < 1.29 is 19.3 Å². The summed E-state index contributed by atoms with van der Waals surface area (Å²) < 4.78 is 17.5. The molecule has 0 bridgehead atoms. The lowest BCUT2D eigenvalue weighted by molar-refractivity contribution is 0.0506. The molecule has 1 atom stereocenters. The molecule has 2 heterocycles. The lowest BCUT2D eigenvalue weighted by atomic mass is 9.97. The van der Waals surface area contributed by atoms with E-state index in [4.69, 9.17) is 14.2 Å². The molecule has 5 rings (SSSR count). The summed E-state index contributed by atoms with van der Waals surface area (Å²) in [6, 6.07) is 22.0. The van der Waals surface area contributed by atoms with Crippen LogP contribution in [0.1, 0.15) is 12.8 Å². The second-order valence-electron chi connectivity index (χ2n) is 9.02. The third-order valence-corrected chi connectivity index (χ3v) is 6.64. The third kappa shape index (κ3) is 5.84. The highest BCUT2D eigenvalue weighted by atomic mass is 35.5. The Balaban J connectivity index is 0.00000289. The summed E-state index contributed by atoms with van der Waals surface area (Å²) in [6.45, 7) is 3.48. The van der Waals surface area contributed by atoms with Gasteiger partial charge < -0.3 is 29.2 Å². The number of aromatic amines is 1. The van der Waals surface area contributed by atoms with Crippen LogP contribution in [-0.4, -0.2) is 61.1 Å². The Hall–Kier alpha value is -2.93. The van der Waals surface area contributed by atoms with Crippen LogP contribution in [0.4, 0.5) is 0 Å². The summed E-state index contributed by atoms with van der Waals surface area (Å²) in [5.41, 5.74) is 2.14. The van der Waals surface area contributed by atoms with Crippen molar-refractivity contribution in [2.45, 2.75) is 18.9 Å². The van der Waals surface area contributed by atoms with E-state index >= 15 is 0 Å². The monoisotopic (exact) mass is 496 g/mol. The maximum Gasteiger partial charge on any atom is 0.161 e. The van der Waals surface area contributed by atoms with E-state index in [9.17, 15) is 5.11 Å². The van der Waals surface area contributed by atoms with Crippen molar-refractivity contribution in [2.75, 3.05) is 40.0 Å². The lowest BCUT2D eigenvalue weighted by Gasteiger charge is -2.33. The molecule has 1 fully saturated rings. The van der Waals surface area contributed by atoms with Gasteiger partial charge in [-0.3, -0.25) is 0 Å². The van der Waals surface area contributed by atoms with E-state index < -0.39 is 6.10 Å². The molecule has 7 heteroatoms. The average molecular weight is 497 g/mol. The molecule has 1 saturated heterocycles. The molecule has 6 nitrogen and oxygen atoms in total. The minimum atomic E-state index is -0.540. The molecule has 35 heavy (non-hydrogen) atoms. The zero-order valence-corrected chi connectivity index (χ0v) is 20.8. The number of hydrogen-bond acceptors (Lipinski definition) is 5. The van der Waals surface area contributed by atoms with Crippen LogP contribution in [0.2, 0.25) is 0 Å². The summed E-state index contributed by atoms with van der Waals surface area (Å²) in [4.78, 5) is 5.75. The maximum absolute atomic E-state index is 10.7. The van der Waals surface area contributed by atoms with Crippen molar-refractivity contribution in [2.24, 2.45) is 5.92 Å². The highest BCUT2D eigenvalue weighted by Gasteiger charge is 2.22. The number of para-hydroxylation sites is 3. The molecule has 3 aromatic carbocycles. The van der Waals surface area contributed by atoms with Crippen LogP contribution in [0, 0.1) is 5.92 Å². The van der Waals surface area contributed by atoms with Crippen LogP contribution in [0.15, 0.2) is 66.7 Å². The molecule has 1 aliphatic rings. The van der Waals surface area contributed by atoms with Gasteiger partial charge in [-0.05, 0) is 62.2 Å². The van der Waals surface area contributed by atoms with E-state index in [1.807, 2.05) is 48.5 Å². The molecular formula is C28H33ClN2O4. The zero-order valence-electron chi connectivity index (χ0n) is 20.0. The van der Waals surface area contributed by atoms with Gasteiger partial charge in [-0.1, -0.05) is 36.4 Å². The topological polar surface area (TPSA) is 67.0 Å². The number of piperidine rings is 1. The van der Waals surface area contributed by atoms with E-state index in [0.29, 0.717) is 19.1 Å². The number of methoxy groups -OCH3 is 1. The van der Waals surface area contributed by atoms with Gasteiger partial charge >= 0.3 is 0 Å². The second kappa shape index (κ2) is 11.7. The number of halogens is 1. The molecule has 4 aromatic rings. The third-order valence-electron chi connectivity index (χ3n) is 6.64. The number of benzene rings is 3. The number of ether oxygens (including phenoxy) is 3. The van der Waals surface area contributed by atoms with E-state index in [2.05, 4.69) is 28.1 Å². The number of aliphatic hydroxyl groups is 1. The number of β-amino-alcohol motifs (C(OH)–C–C–N with tert-alkyl or cyclic N) is 1. The number of rotatable bonds is 9. The Morgan fingerprint density at radius 1 is 0.886 bits per heavy atom. The molecular weight excluding hydrogens is 464 g/mol. The number of aliphatic hydroxyl groups excluding tert-OH is 1. The fourth-order valence-electron chi connectivity index (χ4n) is 4.81. The maximum atomic E-state index is 10.7. The summed E-state index contributed by atoms with van der Waals surface area (Å²) in [5, 5.41) is 12.9. The van der Waals surface area contributed by atoms with Crippen LogP contribution in [0.3, 0.4) is 0 Å². The SMILES string of the molecule is COc1ccccc1OCC1CCN(CC(O)COc2cccc3[nH]c4ccccc4c23)CC1.Cl. The lowest BCUT2D eigenvalue weighted by Crippen LogP contribution is -2.41. The Kier molecular flexibility index (Phi) is 8.39. The van der Waals surface area contributed by atoms with Gasteiger partial charge in [-0.2, -0.15) is 0 Å². The molecule has 2 N–H and O–H groups in total. The second-order valence-corrected chi connectivity index (χ2v) is 9.02. The van der Waals surface area contributed by atoms with Gasteiger partial charge in [0.25, 0.3) is 0 Å². The van der Waals surface area contributed by atoms with Crippen LogP contribution in [0.5, 0.6) is 17.2 Å². The van der Waals surface area contributed by atoms with Crippen molar-refractivity contribution in [3.8, 4) is 17.2 Å². The first kappa shape index (κ1) is 25.2. The van der Waals surface area contributed by atoms with Crippen molar-refractivity contribution >= 4 is 34.2 Å². The molecule has 186 valence electrons. The number of nitrogens with zero attached hydrogens (tertiary/aromatic N) is 1. The van der Waals surface area contributed by atoms with Gasteiger partial charge in [0.2, 0.25) is 0 Å². The summed E-state index contributed by atoms with van der Waals surface area (Å²) in [5.74, 6) is 2.88. The molecule has 1 aliphatic heterocycles. The van der Waals surface area contributed by atoms with E-state index in [-0.39, 0.29) is 19.0 Å². The molecule has 0 radical (unpaired) electrons. The fraction of sp³-hybridized carbons (Fsp3) is 0.357. The van der Waals surface area contributed by atoms with Gasteiger partial charge in [0.1, 0.15) is 18.5 Å². The highest BCUT2D eigenvalue weighted by Crippen LogP contribution is 2.33. The number of fused-ring (bicyclic) bond motifs is 3. The number of aromatic nitrogens is 1. The first-order chi connectivity index (χ1) is 16.7. The Labute approximate surface area is 212 Å². The van der Waals surface area contributed by atoms with Gasteiger partial charge in [-0.25, -0.2) is 0 Å². The van der Waals surface area contributed by atoms with Crippen LogP contribution in [0.25, 0.3) is 21.8 Å². The van der Waals surface area contributed by atoms with Crippen molar-refractivity contribution in [1.29, 1.82) is 0 Å². The van der Waals surface area contributed by atoms with Gasteiger partial charge in [0.05, 0.1) is 19.2 Å². The van der Waals surface area contributed by atoms with Crippen LogP contribution in [-0.2, 0) is 0 Å². The van der Waals surface area contributed by atoms with E-state index in [0.717, 1.165) is 65.0 Å². The standard InChI is InChI=1S/C28H32N2O4.ClH/c1-32-25-10-4-5-11-26(25)33-18-20-13-15-30(16-14-20)17-21(31)19-34-27-12-6-9-24-28(27)22-7-2-3-8-23(22)29-24;/h2-12,20-21,29,31H,13-19H2,1H3;1H. The molecule has 0 saturated carbocycles. The Morgan fingerprint density at radius 2 is 1.57 bits per heavy atom. The smallest absolute Gasteiger partial charge is 0.161 e. The minimum absolute atomic E-state index is 0. The van der Waals surface area contributed by atoms with Crippen molar-refractivity contribution in [3.63, 3.8) is 0 Å². The number of H-pyrrole nitrogens is 1. The predicted molar refractivity (Wildman–Crippen MR) is 142 cm³/mol. The normalized spacial score (nSPS) is 15.6. The van der Waals surface area contributed by atoms with Gasteiger partial charge in [0, 0.05) is 22.8 Å². The van der Waals surface area contributed by atoms with E-state index in [1.165, 1.54) is 0 Å². The largest absolute Gasteiger partial charge is 0.493 e. The molecule has 0 spiro atoms.